The zero-order valence-electron chi connectivity index (χ0n) is 13.7. The zero-order valence-corrected chi connectivity index (χ0v) is 13.7. The number of pyridine rings is 1. The molecule has 5 heteroatoms. The molecule has 0 atom stereocenters. The van der Waals surface area contributed by atoms with Crippen LogP contribution in [0.25, 0.3) is 0 Å². The molecule has 0 unspecified atom stereocenters. The fraction of sp³-hybridized carbons (Fsp3) is 0.333. The van der Waals surface area contributed by atoms with Gasteiger partial charge in [0, 0.05) is 25.5 Å². The van der Waals surface area contributed by atoms with Gasteiger partial charge in [-0.05, 0) is 38.7 Å². The molecule has 0 radical (unpaired) electrons. The van der Waals surface area contributed by atoms with Crippen molar-refractivity contribution < 1.29 is 4.79 Å². The molecular formula is C18H24N4O. The highest BCUT2D eigenvalue weighted by molar-refractivity contribution is 5.94. The number of aromatic nitrogens is 1. The van der Waals surface area contributed by atoms with Gasteiger partial charge in [0.25, 0.3) is 5.91 Å². The second kappa shape index (κ2) is 8.90. The van der Waals surface area contributed by atoms with Gasteiger partial charge in [0.2, 0.25) is 0 Å². The highest BCUT2D eigenvalue weighted by Crippen LogP contribution is 2.10. The lowest BCUT2D eigenvalue weighted by Crippen LogP contribution is -2.27. The first kappa shape index (κ1) is 17.0. The Balaban J connectivity index is 1.85. The number of nitrogens with zero attached hydrogens (tertiary/aromatic N) is 2. The SMILES string of the molecule is CN(C)CCCNC(=O)c1cncc(NCc2ccccc2)c1. The van der Waals surface area contributed by atoms with Crippen LogP contribution >= 0.6 is 0 Å². The van der Waals surface area contributed by atoms with Crippen molar-refractivity contribution in [3.63, 3.8) is 0 Å². The van der Waals surface area contributed by atoms with Crippen molar-refractivity contribution in [2.75, 3.05) is 32.5 Å². The van der Waals surface area contributed by atoms with Crippen molar-refractivity contribution in [2.45, 2.75) is 13.0 Å². The molecule has 5 nitrogen and oxygen atoms in total. The number of carbonyl (C=O) groups excluding carboxylic acids is 1. The van der Waals surface area contributed by atoms with Crippen LogP contribution in [0.15, 0.2) is 48.8 Å². The van der Waals surface area contributed by atoms with Crippen molar-refractivity contribution >= 4 is 11.6 Å². The zero-order chi connectivity index (χ0) is 16.5. The summed E-state index contributed by atoms with van der Waals surface area (Å²) < 4.78 is 0. The summed E-state index contributed by atoms with van der Waals surface area (Å²) in [6, 6.07) is 12.0. The lowest BCUT2D eigenvalue weighted by molar-refractivity contribution is 0.0952. The van der Waals surface area contributed by atoms with E-state index in [0.29, 0.717) is 18.7 Å². The van der Waals surface area contributed by atoms with E-state index in [9.17, 15) is 4.79 Å². The van der Waals surface area contributed by atoms with Gasteiger partial charge in [-0.15, -0.1) is 0 Å². The van der Waals surface area contributed by atoms with Crippen LogP contribution in [-0.4, -0.2) is 43.0 Å². The molecule has 2 aromatic rings. The lowest BCUT2D eigenvalue weighted by Gasteiger charge is -2.10. The van der Waals surface area contributed by atoms with Crippen molar-refractivity contribution in [1.82, 2.24) is 15.2 Å². The Morgan fingerprint density at radius 1 is 1.17 bits per heavy atom. The largest absolute Gasteiger partial charge is 0.380 e. The molecule has 1 amide bonds. The summed E-state index contributed by atoms with van der Waals surface area (Å²) in [5, 5.41) is 6.21. The highest BCUT2D eigenvalue weighted by Gasteiger charge is 2.06. The first-order valence-electron chi connectivity index (χ1n) is 7.81. The molecule has 0 bridgehead atoms. The van der Waals surface area contributed by atoms with Crippen molar-refractivity contribution in [2.24, 2.45) is 0 Å². The van der Waals surface area contributed by atoms with Crippen LogP contribution in [0.1, 0.15) is 22.3 Å². The Morgan fingerprint density at radius 2 is 1.96 bits per heavy atom. The molecule has 122 valence electrons. The monoisotopic (exact) mass is 312 g/mol. The fourth-order valence-corrected chi connectivity index (χ4v) is 2.16. The van der Waals surface area contributed by atoms with Crippen molar-refractivity contribution in [3.05, 3.63) is 59.9 Å². The third kappa shape index (κ3) is 6.08. The molecule has 23 heavy (non-hydrogen) atoms. The molecule has 1 heterocycles. The normalized spacial score (nSPS) is 10.6. The molecule has 2 N–H and O–H groups in total. The van der Waals surface area contributed by atoms with Crippen molar-refractivity contribution in [1.29, 1.82) is 0 Å². The van der Waals surface area contributed by atoms with E-state index in [4.69, 9.17) is 0 Å². The van der Waals surface area contributed by atoms with E-state index in [1.54, 1.807) is 12.4 Å². The third-order valence-electron chi connectivity index (χ3n) is 3.41. The van der Waals surface area contributed by atoms with Gasteiger partial charge in [0.15, 0.2) is 0 Å². The summed E-state index contributed by atoms with van der Waals surface area (Å²) in [6.07, 6.45) is 4.25. The predicted molar refractivity (Wildman–Crippen MR) is 93.5 cm³/mol. The minimum atomic E-state index is -0.0837. The Hall–Kier alpha value is -2.40. The number of nitrogens with one attached hydrogen (secondary N) is 2. The fourth-order valence-electron chi connectivity index (χ4n) is 2.16. The van der Waals surface area contributed by atoms with Gasteiger partial charge in [-0.25, -0.2) is 0 Å². The number of anilines is 1. The van der Waals surface area contributed by atoms with Crippen LogP contribution in [0.2, 0.25) is 0 Å². The number of rotatable bonds is 8. The van der Waals surface area contributed by atoms with Crippen LogP contribution in [0.4, 0.5) is 5.69 Å². The molecule has 0 aliphatic carbocycles. The summed E-state index contributed by atoms with van der Waals surface area (Å²) in [6.45, 7) is 2.33. The number of benzene rings is 1. The maximum absolute atomic E-state index is 12.1. The average Bonchev–Trinajstić information content (AvgIpc) is 2.58. The second-order valence-corrected chi connectivity index (χ2v) is 5.71. The van der Waals surface area contributed by atoms with Crippen molar-refractivity contribution in [3.8, 4) is 0 Å². The summed E-state index contributed by atoms with van der Waals surface area (Å²) in [4.78, 5) is 18.4. The van der Waals surface area contributed by atoms with Crippen LogP contribution in [0.5, 0.6) is 0 Å². The van der Waals surface area contributed by atoms with E-state index in [1.165, 1.54) is 5.56 Å². The first-order valence-corrected chi connectivity index (χ1v) is 7.81. The molecule has 0 spiro atoms. The summed E-state index contributed by atoms with van der Waals surface area (Å²) >= 11 is 0. The van der Waals surface area contributed by atoms with Gasteiger partial charge in [-0.3, -0.25) is 9.78 Å². The van der Waals surface area contributed by atoms with E-state index in [-0.39, 0.29) is 5.91 Å². The maximum Gasteiger partial charge on any atom is 0.252 e. The molecule has 1 aromatic heterocycles. The molecule has 0 aliphatic rings. The van der Waals surface area contributed by atoms with E-state index < -0.39 is 0 Å². The third-order valence-corrected chi connectivity index (χ3v) is 3.41. The summed E-state index contributed by atoms with van der Waals surface area (Å²) in [5.41, 5.74) is 2.61. The second-order valence-electron chi connectivity index (χ2n) is 5.71. The van der Waals surface area contributed by atoms with Gasteiger partial charge in [-0.1, -0.05) is 30.3 Å². The number of amides is 1. The van der Waals surface area contributed by atoms with E-state index >= 15 is 0 Å². The molecule has 1 aromatic carbocycles. The van der Waals surface area contributed by atoms with Gasteiger partial charge >= 0.3 is 0 Å². The number of carbonyl (C=O) groups is 1. The minimum Gasteiger partial charge on any atom is -0.380 e. The van der Waals surface area contributed by atoms with Crippen LogP contribution in [-0.2, 0) is 6.54 Å². The van der Waals surface area contributed by atoms with Gasteiger partial charge in [0.05, 0.1) is 11.3 Å². The standard InChI is InChI=1S/C18H24N4O/c1-22(2)10-6-9-20-18(23)16-11-17(14-19-13-16)21-12-15-7-4-3-5-8-15/h3-5,7-8,11,13-14,21H,6,9-10,12H2,1-2H3,(H,20,23). The first-order chi connectivity index (χ1) is 11.1. The average molecular weight is 312 g/mol. The van der Waals surface area contributed by atoms with Gasteiger partial charge in [-0.2, -0.15) is 0 Å². The molecule has 2 rings (SSSR count). The Labute approximate surface area is 137 Å². The van der Waals surface area contributed by atoms with E-state index in [0.717, 1.165) is 18.7 Å². The highest BCUT2D eigenvalue weighted by atomic mass is 16.1. The minimum absolute atomic E-state index is 0.0837. The molecule has 0 fully saturated rings. The van der Waals surface area contributed by atoms with Gasteiger partial charge < -0.3 is 15.5 Å². The van der Waals surface area contributed by atoms with E-state index in [2.05, 4.69) is 32.7 Å². The summed E-state index contributed by atoms with van der Waals surface area (Å²) in [7, 11) is 4.04. The summed E-state index contributed by atoms with van der Waals surface area (Å²) in [5.74, 6) is -0.0837. The quantitative estimate of drug-likeness (QED) is 0.735. The number of hydrogen-bond acceptors (Lipinski definition) is 4. The Morgan fingerprint density at radius 3 is 2.70 bits per heavy atom. The van der Waals surface area contributed by atoms with Crippen LogP contribution in [0.3, 0.4) is 0 Å². The van der Waals surface area contributed by atoms with Crippen LogP contribution in [0, 0.1) is 0 Å². The molecule has 0 saturated carbocycles. The van der Waals surface area contributed by atoms with E-state index in [1.807, 2.05) is 38.4 Å². The lowest BCUT2D eigenvalue weighted by atomic mass is 10.2. The Kier molecular flexibility index (Phi) is 6.56. The van der Waals surface area contributed by atoms with Gasteiger partial charge in [0.1, 0.15) is 0 Å². The smallest absolute Gasteiger partial charge is 0.252 e. The maximum atomic E-state index is 12.1. The number of hydrogen-bond donors (Lipinski definition) is 2. The topological polar surface area (TPSA) is 57.3 Å². The molecule has 0 aliphatic heterocycles. The Bertz CT molecular complexity index is 613. The predicted octanol–water partition coefficient (Wildman–Crippen LogP) is 2.38. The molecular weight excluding hydrogens is 288 g/mol. The van der Waals surface area contributed by atoms with Crippen LogP contribution < -0.4 is 10.6 Å². The molecule has 0 saturated heterocycles.